The number of nitrogens with one attached hydrogen (secondary N) is 1. The van der Waals surface area contributed by atoms with Gasteiger partial charge in [0, 0.05) is 35.1 Å². The molecule has 0 aromatic heterocycles. The Kier molecular flexibility index (Phi) is 11.6. The molecule has 2 amide bonds. The topological polar surface area (TPSA) is 104 Å². The Morgan fingerprint density at radius 1 is 0.929 bits per heavy atom. The molecule has 0 aliphatic carbocycles. The number of rotatable bonds is 13. The van der Waals surface area contributed by atoms with E-state index in [1.165, 1.54) is 24.0 Å². The van der Waals surface area contributed by atoms with Crippen LogP contribution < -0.4 is 9.62 Å². The number of hydrogen-bond donors (Lipinski definition) is 1. The number of halogens is 2. The van der Waals surface area contributed by atoms with Crippen LogP contribution in [0.5, 0.6) is 0 Å². The van der Waals surface area contributed by atoms with Crippen LogP contribution in [-0.2, 0) is 32.6 Å². The number of amides is 2. The van der Waals surface area contributed by atoms with E-state index >= 15 is 0 Å². The van der Waals surface area contributed by atoms with Gasteiger partial charge in [-0.05, 0) is 48.2 Å². The quantitative estimate of drug-likeness (QED) is 0.255. The van der Waals surface area contributed by atoms with Crippen LogP contribution >= 0.6 is 23.2 Å². The summed E-state index contributed by atoms with van der Waals surface area (Å²) >= 11 is 12.6. The van der Waals surface area contributed by atoms with Crippen molar-refractivity contribution in [3.05, 3.63) is 99.5 Å². The smallest absolute Gasteiger partial charge is 0.244 e. The van der Waals surface area contributed by atoms with Gasteiger partial charge in [0.2, 0.25) is 21.8 Å². The normalized spacial score (nSPS) is 12.1. The van der Waals surface area contributed by atoms with Crippen LogP contribution in [0.25, 0.3) is 0 Å². The molecule has 224 valence electrons. The van der Waals surface area contributed by atoms with Crippen LogP contribution in [-0.4, -0.2) is 56.3 Å². The van der Waals surface area contributed by atoms with Crippen molar-refractivity contribution in [3.63, 3.8) is 0 Å². The first-order chi connectivity index (χ1) is 19.8. The summed E-state index contributed by atoms with van der Waals surface area (Å²) in [6.07, 6.45) is 1.17. The summed E-state index contributed by atoms with van der Waals surface area (Å²) in [5.74, 6) is -1.09. The van der Waals surface area contributed by atoms with E-state index in [9.17, 15) is 22.8 Å². The van der Waals surface area contributed by atoms with Crippen LogP contribution in [0.2, 0.25) is 10.0 Å². The zero-order chi connectivity index (χ0) is 31.0. The lowest BCUT2D eigenvalue weighted by Crippen LogP contribution is -2.53. The molecule has 0 aliphatic rings. The largest absolute Gasteiger partial charge is 0.354 e. The molecule has 3 aromatic carbocycles. The first kappa shape index (κ1) is 33.1. The Morgan fingerprint density at radius 2 is 1.62 bits per heavy atom. The first-order valence-electron chi connectivity index (χ1n) is 13.4. The van der Waals surface area contributed by atoms with Crippen molar-refractivity contribution in [2.24, 2.45) is 5.92 Å². The summed E-state index contributed by atoms with van der Waals surface area (Å²) in [7, 11) is -3.97. The minimum Gasteiger partial charge on any atom is -0.354 e. The van der Waals surface area contributed by atoms with Gasteiger partial charge in [-0.25, -0.2) is 8.42 Å². The minimum atomic E-state index is -3.97. The summed E-state index contributed by atoms with van der Waals surface area (Å²) in [4.78, 5) is 41.2. The van der Waals surface area contributed by atoms with Gasteiger partial charge in [-0.3, -0.25) is 18.7 Å². The van der Waals surface area contributed by atoms with Crippen molar-refractivity contribution in [2.45, 2.75) is 39.8 Å². The molecule has 0 saturated heterocycles. The van der Waals surface area contributed by atoms with Gasteiger partial charge in [0.25, 0.3) is 0 Å². The molecule has 11 heteroatoms. The number of sulfonamides is 1. The monoisotopic (exact) mass is 631 g/mol. The molecule has 1 N–H and O–H groups in total. The van der Waals surface area contributed by atoms with Gasteiger partial charge in [0.15, 0.2) is 5.78 Å². The molecule has 0 spiro atoms. The Hall–Kier alpha value is -3.40. The van der Waals surface area contributed by atoms with Crippen LogP contribution in [0.3, 0.4) is 0 Å². The molecule has 0 radical (unpaired) electrons. The summed E-state index contributed by atoms with van der Waals surface area (Å²) in [5.41, 5.74) is 1.81. The maximum atomic E-state index is 14.2. The van der Waals surface area contributed by atoms with Crippen molar-refractivity contribution < 1.29 is 22.8 Å². The Labute approximate surface area is 257 Å². The predicted octanol–water partition coefficient (Wildman–Crippen LogP) is 5.37. The Bertz CT molecular complexity index is 1530. The molecule has 0 aliphatic heterocycles. The molecule has 0 saturated carbocycles. The maximum Gasteiger partial charge on any atom is 0.244 e. The first-order valence-corrected chi connectivity index (χ1v) is 16.0. The van der Waals surface area contributed by atoms with Crippen molar-refractivity contribution >= 4 is 56.5 Å². The third-order valence-corrected chi connectivity index (χ3v) is 8.26. The number of anilines is 1. The zero-order valence-electron chi connectivity index (χ0n) is 24.0. The highest BCUT2D eigenvalue weighted by molar-refractivity contribution is 7.92. The summed E-state index contributed by atoms with van der Waals surface area (Å²) in [6.45, 7) is 5.00. The number of carbonyl (C=O) groups is 3. The van der Waals surface area contributed by atoms with E-state index < -0.39 is 28.5 Å². The molecule has 8 nitrogen and oxygen atoms in total. The molecule has 0 heterocycles. The van der Waals surface area contributed by atoms with Gasteiger partial charge >= 0.3 is 0 Å². The third kappa shape index (κ3) is 9.31. The highest BCUT2D eigenvalue weighted by atomic mass is 35.5. The highest BCUT2D eigenvalue weighted by Gasteiger charge is 2.33. The number of ketones is 1. The van der Waals surface area contributed by atoms with E-state index in [-0.39, 0.29) is 36.3 Å². The van der Waals surface area contributed by atoms with Crippen molar-refractivity contribution in [2.75, 3.05) is 23.7 Å². The second kappa shape index (κ2) is 14.7. The number of hydrogen-bond acceptors (Lipinski definition) is 5. The van der Waals surface area contributed by atoms with Gasteiger partial charge in [-0.1, -0.05) is 85.6 Å². The Morgan fingerprint density at radius 3 is 2.21 bits per heavy atom. The second-order valence-corrected chi connectivity index (χ2v) is 13.2. The van der Waals surface area contributed by atoms with Gasteiger partial charge in [0.1, 0.15) is 12.6 Å². The molecule has 3 rings (SSSR count). The molecule has 3 aromatic rings. The lowest BCUT2D eigenvalue weighted by molar-refractivity contribution is -0.140. The molecule has 0 fully saturated rings. The van der Waals surface area contributed by atoms with E-state index in [1.54, 1.807) is 30.3 Å². The molecule has 0 bridgehead atoms. The fourth-order valence-electron chi connectivity index (χ4n) is 4.30. The van der Waals surface area contributed by atoms with E-state index in [2.05, 4.69) is 5.32 Å². The minimum absolute atomic E-state index is 0.0769. The summed E-state index contributed by atoms with van der Waals surface area (Å²) in [6, 6.07) is 19.2. The number of benzene rings is 3. The van der Waals surface area contributed by atoms with Crippen molar-refractivity contribution in [1.29, 1.82) is 0 Å². The predicted molar refractivity (Wildman–Crippen MR) is 167 cm³/mol. The number of Topliss-reactive ketones (excluding diaryl/α,β-unsaturated/α-hetero) is 1. The standard InChI is InChI=1S/C31H35Cl2N3O5S/c1-21(2)18-34-31(39)29(15-23-9-6-5-7-10-23)35(19-25-13-14-26(32)17-28(25)33)30(38)20-36(42(4,40)41)27-12-8-11-24(16-27)22(3)37/h5-14,16-17,21,29H,15,18-20H2,1-4H3,(H,34,39)/t29-/m0/s1. The van der Waals surface area contributed by atoms with E-state index in [0.717, 1.165) is 16.1 Å². The fraction of sp³-hybridized carbons (Fsp3) is 0.323. The molecular weight excluding hydrogens is 597 g/mol. The van der Waals surface area contributed by atoms with Crippen molar-refractivity contribution in [1.82, 2.24) is 10.2 Å². The SMILES string of the molecule is CC(=O)c1cccc(N(CC(=O)N(Cc2ccc(Cl)cc2Cl)[C@@H](Cc2ccccc2)C(=O)NCC(C)C)S(C)(=O)=O)c1. The second-order valence-electron chi connectivity index (χ2n) is 10.5. The molecule has 1 atom stereocenters. The van der Waals surface area contributed by atoms with Crippen LogP contribution in [0, 0.1) is 5.92 Å². The highest BCUT2D eigenvalue weighted by Crippen LogP contribution is 2.25. The molecule has 0 unspecified atom stereocenters. The van der Waals surface area contributed by atoms with Crippen molar-refractivity contribution in [3.8, 4) is 0 Å². The van der Waals surface area contributed by atoms with Crippen LogP contribution in [0.4, 0.5) is 5.69 Å². The van der Waals surface area contributed by atoms with E-state index in [4.69, 9.17) is 23.2 Å². The summed E-state index contributed by atoms with van der Waals surface area (Å²) in [5, 5.41) is 3.64. The fourth-order valence-corrected chi connectivity index (χ4v) is 5.61. The molecule has 42 heavy (non-hydrogen) atoms. The summed E-state index contributed by atoms with van der Waals surface area (Å²) < 4.78 is 26.8. The van der Waals surface area contributed by atoms with E-state index in [0.29, 0.717) is 27.7 Å². The molecular formula is C31H35Cl2N3O5S. The average Bonchev–Trinajstić information content (AvgIpc) is 2.93. The third-order valence-electron chi connectivity index (χ3n) is 6.53. The maximum absolute atomic E-state index is 14.2. The zero-order valence-corrected chi connectivity index (χ0v) is 26.3. The lowest BCUT2D eigenvalue weighted by atomic mass is 10.0. The average molecular weight is 633 g/mol. The number of carbonyl (C=O) groups excluding carboxylic acids is 3. The van der Waals surface area contributed by atoms with Crippen LogP contribution in [0.1, 0.15) is 42.3 Å². The Balaban J connectivity index is 2.09. The van der Waals surface area contributed by atoms with Gasteiger partial charge in [0.05, 0.1) is 11.9 Å². The van der Waals surface area contributed by atoms with E-state index in [1.807, 2.05) is 44.2 Å². The van der Waals surface area contributed by atoms with Gasteiger partial charge in [-0.15, -0.1) is 0 Å². The lowest BCUT2D eigenvalue weighted by Gasteiger charge is -2.34. The van der Waals surface area contributed by atoms with Gasteiger partial charge in [-0.2, -0.15) is 0 Å². The van der Waals surface area contributed by atoms with Crippen LogP contribution in [0.15, 0.2) is 72.8 Å². The van der Waals surface area contributed by atoms with Gasteiger partial charge < -0.3 is 10.2 Å². The number of nitrogens with zero attached hydrogens (tertiary/aromatic N) is 2.